The number of ether oxygens (including phenoxy) is 1. The number of carbonyl (C=O) groups is 1. The minimum absolute atomic E-state index is 0.0163. The van der Waals surface area contributed by atoms with Gasteiger partial charge < -0.3 is 15.4 Å². The van der Waals surface area contributed by atoms with Crippen molar-refractivity contribution in [3.8, 4) is 0 Å². The summed E-state index contributed by atoms with van der Waals surface area (Å²) in [5.41, 5.74) is 6.03. The van der Waals surface area contributed by atoms with Crippen molar-refractivity contribution >= 4 is 5.97 Å². The van der Waals surface area contributed by atoms with E-state index in [-0.39, 0.29) is 17.4 Å². The lowest BCUT2D eigenvalue weighted by Crippen LogP contribution is -2.57. The van der Waals surface area contributed by atoms with Gasteiger partial charge in [0.1, 0.15) is 0 Å². The standard InChI is InChI=1S/C13H24N2O2/c1-15-8-4-10(5-9-15)11(14)13(6-3-7-13)12(16)17-2/h10-11H,3-9,14H2,1-2H3. The van der Waals surface area contributed by atoms with Crippen molar-refractivity contribution < 1.29 is 9.53 Å². The maximum absolute atomic E-state index is 12.0. The first-order valence-corrected chi connectivity index (χ1v) is 6.63. The molecular formula is C13H24N2O2. The molecule has 1 atom stereocenters. The summed E-state index contributed by atoms with van der Waals surface area (Å²) in [7, 11) is 3.62. The molecule has 1 heterocycles. The number of methoxy groups -OCH3 is 1. The first-order chi connectivity index (χ1) is 8.10. The molecule has 1 aliphatic carbocycles. The Bertz CT molecular complexity index is 281. The number of rotatable bonds is 3. The van der Waals surface area contributed by atoms with Crippen molar-refractivity contribution in [2.45, 2.75) is 38.1 Å². The molecular weight excluding hydrogens is 216 g/mol. The third kappa shape index (κ3) is 2.20. The fourth-order valence-corrected chi connectivity index (χ4v) is 3.27. The maximum atomic E-state index is 12.0. The number of likely N-dealkylation sites (tertiary alicyclic amines) is 1. The van der Waals surface area contributed by atoms with Crippen LogP contribution in [-0.2, 0) is 9.53 Å². The normalized spacial score (nSPS) is 27.2. The molecule has 0 aromatic rings. The summed E-state index contributed by atoms with van der Waals surface area (Å²) in [6.45, 7) is 2.19. The van der Waals surface area contributed by atoms with Gasteiger partial charge in [0.15, 0.2) is 0 Å². The molecule has 4 nitrogen and oxygen atoms in total. The fourth-order valence-electron chi connectivity index (χ4n) is 3.27. The third-order valence-electron chi connectivity index (χ3n) is 4.75. The summed E-state index contributed by atoms with van der Waals surface area (Å²) in [5, 5.41) is 0. The molecule has 1 unspecified atom stereocenters. The molecule has 2 N–H and O–H groups in total. The van der Waals surface area contributed by atoms with E-state index in [0.29, 0.717) is 5.92 Å². The van der Waals surface area contributed by atoms with E-state index in [9.17, 15) is 4.79 Å². The lowest BCUT2D eigenvalue weighted by molar-refractivity contribution is -0.162. The number of piperidine rings is 1. The van der Waals surface area contributed by atoms with E-state index in [1.165, 1.54) is 7.11 Å². The minimum Gasteiger partial charge on any atom is -0.469 e. The van der Waals surface area contributed by atoms with Gasteiger partial charge in [-0.15, -0.1) is 0 Å². The number of nitrogens with two attached hydrogens (primary N) is 1. The van der Waals surface area contributed by atoms with Gasteiger partial charge in [-0.3, -0.25) is 4.79 Å². The second kappa shape index (κ2) is 4.94. The first-order valence-electron chi connectivity index (χ1n) is 6.63. The van der Waals surface area contributed by atoms with Crippen LogP contribution < -0.4 is 5.73 Å². The van der Waals surface area contributed by atoms with E-state index in [1.807, 2.05) is 0 Å². The summed E-state index contributed by atoms with van der Waals surface area (Å²) in [6.07, 6.45) is 5.14. The van der Waals surface area contributed by atoms with E-state index >= 15 is 0 Å². The highest BCUT2D eigenvalue weighted by atomic mass is 16.5. The van der Waals surface area contributed by atoms with Crippen LogP contribution in [0.2, 0.25) is 0 Å². The van der Waals surface area contributed by atoms with Crippen LogP contribution in [0.1, 0.15) is 32.1 Å². The van der Waals surface area contributed by atoms with Crippen molar-refractivity contribution in [1.29, 1.82) is 0 Å². The zero-order valence-electron chi connectivity index (χ0n) is 10.9. The van der Waals surface area contributed by atoms with Crippen molar-refractivity contribution in [3.05, 3.63) is 0 Å². The number of hydrogen-bond acceptors (Lipinski definition) is 4. The lowest BCUT2D eigenvalue weighted by atomic mass is 9.60. The molecule has 2 aliphatic rings. The Labute approximate surface area is 103 Å². The Morgan fingerprint density at radius 3 is 2.41 bits per heavy atom. The van der Waals surface area contributed by atoms with Gasteiger partial charge >= 0.3 is 5.97 Å². The van der Waals surface area contributed by atoms with Crippen LogP contribution in [0, 0.1) is 11.3 Å². The minimum atomic E-state index is -0.366. The van der Waals surface area contributed by atoms with Crippen LogP contribution in [0.5, 0.6) is 0 Å². The summed E-state index contributed by atoms with van der Waals surface area (Å²) in [5.74, 6) is 0.390. The van der Waals surface area contributed by atoms with Crippen molar-refractivity contribution in [1.82, 2.24) is 4.90 Å². The lowest BCUT2D eigenvalue weighted by Gasteiger charge is -2.47. The van der Waals surface area contributed by atoms with Gasteiger partial charge in [0, 0.05) is 6.04 Å². The molecule has 0 aromatic carbocycles. The SMILES string of the molecule is COC(=O)C1(C(N)C2CCN(C)CC2)CCC1. The summed E-state index contributed by atoms with van der Waals surface area (Å²) in [4.78, 5) is 14.3. The van der Waals surface area contributed by atoms with Crippen LogP contribution in [0.3, 0.4) is 0 Å². The van der Waals surface area contributed by atoms with Crippen LogP contribution >= 0.6 is 0 Å². The van der Waals surface area contributed by atoms with E-state index in [4.69, 9.17) is 10.5 Å². The van der Waals surface area contributed by atoms with Crippen molar-refractivity contribution in [2.24, 2.45) is 17.1 Å². The zero-order chi connectivity index (χ0) is 12.5. The van der Waals surface area contributed by atoms with E-state index < -0.39 is 0 Å². The molecule has 2 fully saturated rings. The summed E-state index contributed by atoms with van der Waals surface area (Å²) >= 11 is 0. The number of esters is 1. The number of hydrogen-bond donors (Lipinski definition) is 1. The van der Waals surface area contributed by atoms with Crippen LogP contribution in [0.25, 0.3) is 0 Å². The Hall–Kier alpha value is -0.610. The molecule has 1 saturated heterocycles. The fraction of sp³-hybridized carbons (Fsp3) is 0.923. The van der Waals surface area contributed by atoms with Gasteiger partial charge in [0.2, 0.25) is 0 Å². The van der Waals surface area contributed by atoms with Gasteiger partial charge in [-0.2, -0.15) is 0 Å². The molecule has 1 saturated carbocycles. The predicted octanol–water partition coefficient (Wildman–Crippen LogP) is 0.999. The number of carbonyl (C=O) groups excluding carboxylic acids is 1. The summed E-state index contributed by atoms with van der Waals surface area (Å²) < 4.78 is 4.96. The Morgan fingerprint density at radius 1 is 1.41 bits per heavy atom. The number of nitrogens with zero attached hydrogens (tertiary/aromatic N) is 1. The Morgan fingerprint density at radius 2 is 2.00 bits per heavy atom. The molecule has 1 aliphatic heterocycles. The Kier molecular flexibility index (Phi) is 3.73. The second-order valence-corrected chi connectivity index (χ2v) is 5.67. The molecule has 0 amide bonds. The Balaban J connectivity index is 2.02. The molecule has 98 valence electrons. The third-order valence-corrected chi connectivity index (χ3v) is 4.75. The smallest absolute Gasteiger partial charge is 0.313 e. The average Bonchev–Trinajstić information content (AvgIpc) is 2.28. The highest BCUT2D eigenvalue weighted by Crippen LogP contribution is 2.47. The molecule has 0 radical (unpaired) electrons. The molecule has 0 spiro atoms. The van der Waals surface area contributed by atoms with Gasteiger partial charge in [0.05, 0.1) is 12.5 Å². The van der Waals surface area contributed by atoms with Gasteiger partial charge in [-0.25, -0.2) is 0 Å². The van der Waals surface area contributed by atoms with Gasteiger partial charge in [-0.05, 0) is 51.7 Å². The highest BCUT2D eigenvalue weighted by molar-refractivity contribution is 5.78. The molecule has 17 heavy (non-hydrogen) atoms. The van der Waals surface area contributed by atoms with E-state index in [2.05, 4.69) is 11.9 Å². The van der Waals surface area contributed by atoms with Crippen LogP contribution in [-0.4, -0.2) is 44.2 Å². The first kappa shape index (κ1) is 12.8. The average molecular weight is 240 g/mol. The van der Waals surface area contributed by atoms with Crippen molar-refractivity contribution in [3.63, 3.8) is 0 Å². The summed E-state index contributed by atoms with van der Waals surface area (Å²) in [6, 6.07) is -0.0163. The monoisotopic (exact) mass is 240 g/mol. The van der Waals surface area contributed by atoms with Crippen LogP contribution in [0.4, 0.5) is 0 Å². The van der Waals surface area contributed by atoms with E-state index in [0.717, 1.165) is 45.2 Å². The second-order valence-electron chi connectivity index (χ2n) is 5.67. The topological polar surface area (TPSA) is 55.6 Å². The van der Waals surface area contributed by atoms with Crippen LogP contribution in [0.15, 0.2) is 0 Å². The molecule has 0 bridgehead atoms. The molecule has 2 rings (SSSR count). The van der Waals surface area contributed by atoms with Gasteiger partial charge in [-0.1, -0.05) is 6.42 Å². The molecule has 0 aromatic heterocycles. The largest absolute Gasteiger partial charge is 0.469 e. The van der Waals surface area contributed by atoms with Gasteiger partial charge in [0.25, 0.3) is 0 Å². The zero-order valence-corrected chi connectivity index (χ0v) is 10.9. The quantitative estimate of drug-likeness (QED) is 0.748. The predicted molar refractivity (Wildman–Crippen MR) is 66.5 cm³/mol. The van der Waals surface area contributed by atoms with E-state index in [1.54, 1.807) is 0 Å². The maximum Gasteiger partial charge on any atom is 0.313 e. The highest BCUT2D eigenvalue weighted by Gasteiger charge is 2.52. The van der Waals surface area contributed by atoms with Crippen molar-refractivity contribution in [2.75, 3.05) is 27.2 Å². The molecule has 4 heteroatoms.